The molecule has 2 N–H and O–H groups in total. The quantitative estimate of drug-likeness (QED) is 0.250. The molecule has 0 radical (unpaired) electrons. The van der Waals surface area contributed by atoms with Crippen molar-refractivity contribution in [3.05, 3.63) is 71.8 Å². The molecule has 0 bridgehead atoms. The second-order valence-corrected chi connectivity index (χ2v) is 9.43. The number of thioether (sulfide) groups is 1. The maximum atomic E-state index is 13.2. The van der Waals surface area contributed by atoms with Crippen molar-refractivity contribution in [1.82, 2.24) is 20.0 Å². The first-order chi connectivity index (χ1) is 16.9. The van der Waals surface area contributed by atoms with E-state index in [2.05, 4.69) is 25.9 Å². The maximum Gasteiger partial charge on any atom is 0.281 e. The van der Waals surface area contributed by atoms with Gasteiger partial charge in [-0.25, -0.2) is 9.07 Å². The van der Waals surface area contributed by atoms with Crippen LogP contribution in [-0.2, 0) is 4.79 Å². The van der Waals surface area contributed by atoms with Gasteiger partial charge in [0.25, 0.3) is 5.91 Å². The molecule has 0 fully saturated rings. The van der Waals surface area contributed by atoms with Gasteiger partial charge < -0.3 is 10.1 Å². The summed E-state index contributed by atoms with van der Waals surface area (Å²) in [5.41, 5.74) is 2.45. The molecule has 12 heteroatoms. The maximum absolute atomic E-state index is 13.2. The predicted octanol–water partition coefficient (Wildman–Crippen LogP) is 4.55. The average molecular weight is 513 g/mol. The van der Waals surface area contributed by atoms with Gasteiger partial charge >= 0.3 is 0 Å². The van der Waals surface area contributed by atoms with Gasteiger partial charge in [0, 0.05) is 5.69 Å². The monoisotopic (exact) mass is 512 g/mol. The number of amides is 2. The molecule has 2 aromatic heterocycles. The van der Waals surface area contributed by atoms with Crippen molar-refractivity contribution < 1.29 is 18.7 Å². The van der Waals surface area contributed by atoms with Crippen LogP contribution in [0.2, 0.25) is 0 Å². The number of halogens is 1. The van der Waals surface area contributed by atoms with Gasteiger partial charge in [-0.15, -0.1) is 10.2 Å². The number of anilines is 2. The molecule has 0 saturated carbocycles. The Balaban J connectivity index is 1.38. The lowest BCUT2D eigenvalue weighted by atomic mass is 10.2. The van der Waals surface area contributed by atoms with Gasteiger partial charge in [0.1, 0.15) is 5.82 Å². The van der Waals surface area contributed by atoms with Gasteiger partial charge in [-0.1, -0.05) is 40.8 Å². The number of carbonyl (C=O) groups excluding carboxylic acids is 2. The number of rotatable bonds is 9. The molecule has 4 rings (SSSR count). The minimum atomic E-state index is -0.529. The van der Waals surface area contributed by atoms with E-state index in [9.17, 15) is 14.0 Å². The van der Waals surface area contributed by atoms with Crippen LogP contribution in [0.25, 0.3) is 5.69 Å². The molecule has 2 aromatic carbocycles. The first-order valence-corrected chi connectivity index (χ1v) is 12.3. The average Bonchev–Trinajstić information content (AvgIpc) is 3.47. The van der Waals surface area contributed by atoms with E-state index in [1.54, 1.807) is 25.3 Å². The summed E-state index contributed by atoms with van der Waals surface area (Å²) in [5.74, 6) is -0.651. The standard InChI is InChI=1S/C23H21FN6O3S2/c1-3-33-18-12-30(17-10-6-15(24)7-11-17)29-20(18)21(32)26-22-27-28-23(35-22)34-13-19(31)25-16-8-4-14(2)5-9-16/h4-12H,3,13H2,1-2H3,(H,25,31)(H,26,27,32). The Morgan fingerprint density at radius 3 is 2.54 bits per heavy atom. The zero-order chi connectivity index (χ0) is 24.8. The third-order valence-electron chi connectivity index (χ3n) is 4.58. The Bertz CT molecular complexity index is 1320. The van der Waals surface area contributed by atoms with Crippen LogP contribution in [-0.4, -0.2) is 44.2 Å². The lowest BCUT2D eigenvalue weighted by Crippen LogP contribution is -2.14. The van der Waals surface area contributed by atoms with E-state index in [4.69, 9.17) is 4.74 Å². The van der Waals surface area contributed by atoms with Crippen LogP contribution >= 0.6 is 23.1 Å². The van der Waals surface area contributed by atoms with Gasteiger partial charge in [0.05, 0.1) is 24.2 Å². The number of ether oxygens (including phenoxy) is 1. The van der Waals surface area contributed by atoms with E-state index in [-0.39, 0.29) is 34.1 Å². The van der Waals surface area contributed by atoms with Crippen LogP contribution in [0.3, 0.4) is 0 Å². The fourth-order valence-corrected chi connectivity index (χ4v) is 4.49. The van der Waals surface area contributed by atoms with E-state index < -0.39 is 5.91 Å². The Hall–Kier alpha value is -3.77. The van der Waals surface area contributed by atoms with E-state index in [1.165, 1.54) is 28.6 Å². The SMILES string of the molecule is CCOc1cn(-c2ccc(F)cc2)nc1C(=O)Nc1nnc(SCC(=O)Nc2ccc(C)cc2)s1. The van der Waals surface area contributed by atoms with Crippen molar-refractivity contribution >= 4 is 45.7 Å². The van der Waals surface area contributed by atoms with E-state index in [0.29, 0.717) is 16.6 Å². The number of nitrogens with zero attached hydrogens (tertiary/aromatic N) is 4. The summed E-state index contributed by atoms with van der Waals surface area (Å²) in [5, 5.41) is 18.0. The minimum Gasteiger partial charge on any atom is -0.490 e. The first-order valence-electron chi connectivity index (χ1n) is 10.5. The smallest absolute Gasteiger partial charge is 0.281 e. The Morgan fingerprint density at radius 1 is 1.09 bits per heavy atom. The topological polar surface area (TPSA) is 111 Å². The van der Waals surface area contributed by atoms with Gasteiger partial charge in [-0.2, -0.15) is 5.10 Å². The molecule has 0 aliphatic carbocycles. The van der Waals surface area contributed by atoms with Gasteiger partial charge in [-0.3, -0.25) is 14.9 Å². The molecular formula is C23H21FN6O3S2. The first kappa shape index (κ1) is 24.4. The summed E-state index contributed by atoms with van der Waals surface area (Å²) >= 11 is 2.36. The van der Waals surface area contributed by atoms with Crippen molar-refractivity contribution in [2.24, 2.45) is 0 Å². The molecule has 2 amide bonds. The number of carbonyl (C=O) groups is 2. The van der Waals surface area contributed by atoms with E-state index in [1.807, 2.05) is 31.2 Å². The summed E-state index contributed by atoms with van der Waals surface area (Å²) in [6, 6.07) is 13.2. The molecule has 0 unspecified atom stereocenters. The number of benzene rings is 2. The van der Waals surface area contributed by atoms with Crippen LogP contribution in [0.15, 0.2) is 59.1 Å². The molecule has 0 atom stereocenters. The third kappa shape index (κ3) is 6.43. The van der Waals surface area contributed by atoms with Crippen molar-refractivity contribution in [2.75, 3.05) is 23.0 Å². The van der Waals surface area contributed by atoms with E-state index >= 15 is 0 Å². The number of aromatic nitrogens is 4. The number of nitrogens with one attached hydrogen (secondary N) is 2. The molecular weight excluding hydrogens is 491 g/mol. The van der Waals surface area contributed by atoms with Crippen LogP contribution in [0.4, 0.5) is 15.2 Å². The van der Waals surface area contributed by atoms with Crippen LogP contribution in [0.1, 0.15) is 23.0 Å². The highest BCUT2D eigenvalue weighted by Gasteiger charge is 2.21. The second-order valence-electron chi connectivity index (χ2n) is 7.23. The van der Waals surface area contributed by atoms with Crippen molar-refractivity contribution in [1.29, 1.82) is 0 Å². The predicted molar refractivity (Wildman–Crippen MR) is 133 cm³/mol. The number of hydrogen-bond donors (Lipinski definition) is 2. The van der Waals surface area contributed by atoms with Gasteiger partial charge in [0.2, 0.25) is 11.0 Å². The fraction of sp³-hybridized carbons (Fsp3) is 0.174. The highest BCUT2D eigenvalue weighted by molar-refractivity contribution is 8.01. The van der Waals surface area contributed by atoms with Crippen molar-refractivity contribution in [3.63, 3.8) is 0 Å². The van der Waals surface area contributed by atoms with Gasteiger partial charge in [0.15, 0.2) is 15.8 Å². The molecule has 2 heterocycles. The normalized spacial score (nSPS) is 10.7. The Morgan fingerprint density at radius 2 is 1.83 bits per heavy atom. The van der Waals surface area contributed by atoms with Crippen LogP contribution in [0, 0.1) is 12.7 Å². The minimum absolute atomic E-state index is 0.0538. The fourth-order valence-electron chi connectivity index (χ4n) is 2.94. The Kier molecular flexibility index (Phi) is 7.73. The largest absolute Gasteiger partial charge is 0.490 e. The Labute approximate surface area is 208 Å². The summed E-state index contributed by atoms with van der Waals surface area (Å²) in [4.78, 5) is 25.0. The zero-order valence-corrected chi connectivity index (χ0v) is 20.5. The number of aryl methyl sites for hydroxylation is 1. The zero-order valence-electron chi connectivity index (χ0n) is 18.8. The molecule has 0 aliphatic rings. The molecule has 0 aliphatic heterocycles. The van der Waals surface area contributed by atoms with Gasteiger partial charge in [-0.05, 0) is 50.2 Å². The third-order valence-corrected chi connectivity index (χ3v) is 6.55. The summed E-state index contributed by atoms with van der Waals surface area (Å²) < 4.78 is 20.8. The lowest BCUT2D eigenvalue weighted by Gasteiger charge is -2.04. The molecule has 4 aromatic rings. The van der Waals surface area contributed by atoms with E-state index in [0.717, 1.165) is 22.6 Å². The van der Waals surface area contributed by atoms with Crippen LogP contribution in [0.5, 0.6) is 5.75 Å². The number of hydrogen-bond acceptors (Lipinski definition) is 8. The molecule has 0 spiro atoms. The summed E-state index contributed by atoms with van der Waals surface area (Å²) in [6.07, 6.45) is 1.56. The van der Waals surface area contributed by atoms with Crippen molar-refractivity contribution in [2.45, 2.75) is 18.2 Å². The lowest BCUT2D eigenvalue weighted by molar-refractivity contribution is -0.113. The van der Waals surface area contributed by atoms with Crippen molar-refractivity contribution in [3.8, 4) is 11.4 Å². The summed E-state index contributed by atoms with van der Waals surface area (Å²) in [6.45, 7) is 4.10. The van der Waals surface area contributed by atoms with Crippen LogP contribution < -0.4 is 15.4 Å². The molecule has 35 heavy (non-hydrogen) atoms. The molecule has 9 nitrogen and oxygen atoms in total. The highest BCUT2D eigenvalue weighted by atomic mass is 32.2. The molecule has 0 saturated heterocycles. The highest BCUT2D eigenvalue weighted by Crippen LogP contribution is 2.27. The molecule has 180 valence electrons. The second kappa shape index (κ2) is 11.1. The summed E-state index contributed by atoms with van der Waals surface area (Å²) in [7, 11) is 0.